The minimum atomic E-state index is -0.168. The Morgan fingerprint density at radius 1 is 1.33 bits per heavy atom. The highest BCUT2D eigenvalue weighted by molar-refractivity contribution is 5.52. The molecule has 1 saturated heterocycles. The second kappa shape index (κ2) is 6.67. The summed E-state index contributed by atoms with van der Waals surface area (Å²) < 4.78 is 10.6. The highest BCUT2D eigenvalue weighted by atomic mass is 16.5. The second-order valence-corrected chi connectivity index (χ2v) is 5.40. The number of nitrogens with zero attached hydrogens (tertiary/aromatic N) is 2. The molecule has 0 bridgehead atoms. The van der Waals surface area contributed by atoms with Gasteiger partial charge in [-0.1, -0.05) is 5.16 Å². The lowest BCUT2D eigenvalue weighted by Crippen LogP contribution is -2.15. The van der Waals surface area contributed by atoms with Gasteiger partial charge in [0.2, 0.25) is 17.3 Å². The second-order valence-electron chi connectivity index (χ2n) is 5.40. The van der Waals surface area contributed by atoms with Crippen molar-refractivity contribution in [2.75, 3.05) is 13.2 Å². The van der Waals surface area contributed by atoms with Crippen LogP contribution >= 0.6 is 0 Å². The fourth-order valence-corrected chi connectivity index (χ4v) is 2.63. The first-order valence-corrected chi connectivity index (χ1v) is 7.41. The van der Waals surface area contributed by atoms with Gasteiger partial charge in [-0.25, -0.2) is 0 Å². The van der Waals surface area contributed by atoms with Crippen molar-refractivity contribution in [2.24, 2.45) is 5.92 Å². The summed E-state index contributed by atoms with van der Waals surface area (Å²) in [4.78, 5) is 18.2. The molecule has 1 N–H and O–H groups in total. The van der Waals surface area contributed by atoms with Crippen molar-refractivity contribution in [3.05, 3.63) is 34.6 Å². The van der Waals surface area contributed by atoms with Gasteiger partial charge in [0.25, 0.3) is 0 Å². The Kier molecular flexibility index (Phi) is 4.45. The van der Waals surface area contributed by atoms with E-state index < -0.39 is 0 Å². The van der Waals surface area contributed by atoms with E-state index in [4.69, 9.17) is 9.26 Å². The van der Waals surface area contributed by atoms with Crippen LogP contribution in [-0.4, -0.2) is 28.3 Å². The molecule has 0 saturated carbocycles. The van der Waals surface area contributed by atoms with Crippen molar-refractivity contribution in [2.45, 2.75) is 32.1 Å². The SMILES string of the molecule is O=c1cc(-c2noc(CCCC3CCOCC3)n2)cc[nH]1. The van der Waals surface area contributed by atoms with Crippen LogP contribution in [-0.2, 0) is 11.2 Å². The molecule has 6 heteroatoms. The van der Waals surface area contributed by atoms with E-state index in [1.165, 1.54) is 12.5 Å². The van der Waals surface area contributed by atoms with Crippen LogP contribution in [0.2, 0.25) is 0 Å². The molecule has 1 aliphatic heterocycles. The van der Waals surface area contributed by atoms with Crippen LogP contribution in [0.15, 0.2) is 27.6 Å². The van der Waals surface area contributed by atoms with Crippen molar-refractivity contribution in [1.82, 2.24) is 15.1 Å². The van der Waals surface area contributed by atoms with Gasteiger partial charge >= 0.3 is 0 Å². The molecule has 3 rings (SSSR count). The zero-order valence-corrected chi connectivity index (χ0v) is 11.9. The zero-order valence-electron chi connectivity index (χ0n) is 11.9. The molecule has 2 aromatic rings. The largest absolute Gasteiger partial charge is 0.381 e. The first-order valence-electron chi connectivity index (χ1n) is 7.41. The number of aromatic nitrogens is 3. The third kappa shape index (κ3) is 3.78. The molecular weight excluding hydrogens is 270 g/mol. The summed E-state index contributed by atoms with van der Waals surface area (Å²) in [5, 5.41) is 3.93. The Morgan fingerprint density at radius 2 is 2.19 bits per heavy atom. The topological polar surface area (TPSA) is 81.0 Å². The van der Waals surface area contributed by atoms with Crippen LogP contribution in [0, 0.1) is 5.92 Å². The van der Waals surface area contributed by atoms with Gasteiger partial charge in [-0.15, -0.1) is 0 Å². The summed E-state index contributed by atoms with van der Waals surface area (Å²) in [6.07, 6.45) is 6.89. The summed E-state index contributed by atoms with van der Waals surface area (Å²) in [5.74, 6) is 1.87. The van der Waals surface area contributed by atoms with Crippen molar-refractivity contribution < 1.29 is 9.26 Å². The Balaban J connectivity index is 1.54. The highest BCUT2D eigenvalue weighted by Gasteiger charge is 2.14. The number of aryl methyl sites for hydroxylation is 1. The smallest absolute Gasteiger partial charge is 0.248 e. The van der Waals surface area contributed by atoms with Crippen LogP contribution in [0.25, 0.3) is 11.4 Å². The average molecular weight is 289 g/mol. The predicted molar refractivity (Wildman–Crippen MR) is 76.8 cm³/mol. The molecule has 0 radical (unpaired) electrons. The number of aromatic amines is 1. The van der Waals surface area contributed by atoms with E-state index in [1.807, 2.05) is 0 Å². The molecule has 1 fully saturated rings. The maximum Gasteiger partial charge on any atom is 0.248 e. The van der Waals surface area contributed by atoms with Crippen molar-refractivity contribution in [1.29, 1.82) is 0 Å². The third-order valence-electron chi connectivity index (χ3n) is 3.85. The molecule has 6 nitrogen and oxygen atoms in total. The molecule has 1 aliphatic rings. The van der Waals surface area contributed by atoms with E-state index in [0.717, 1.165) is 44.8 Å². The van der Waals surface area contributed by atoms with Gasteiger partial charge < -0.3 is 14.2 Å². The molecule has 3 heterocycles. The lowest BCUT2D eigenvalue weighted by atomic mass is 9.94. The zero-order chi connectivity index (χ0) is 14.5. The number of hydrogen-bond acceptors (Lipinski definition) is 5. The Labute approximate surface area is 122 Å². The van der Waals surface area contributed by atoms with Crippen LogP contribution in [0.3, 0.4) is 0 Å². The van der Waals surface area contributed by atoms with Crippen molar-refractivity contribution in [3.8, 4) is 11.4 Å². The number of ether oxygens (including phenoxy) is 1. The van der Waals surface area contributed by atoms with E-state index in [-0.39, 0.29) is 5.56 Å². The summed E-state index contributed by atoms with van der Waals surface area (Å²) in [6.45, 7) is 1.77. The monoisotopic (exact) mass is 289 g/mol. The molecule has 2 aromatic heterocycles. The van der Waals surface area contributed by atoms with Gasteiger partial charge in [-0.3, -0.25) is 4.79 Å². The van der Waals surface area contributed by atoms with Gasteiger partial charge in [0.05, 0.1) is 0 Å². The molecule has 0 amide bonds. The summed E-state index contributed by atoms with van der Waals surface area (Å²) in [6, 6.07) is 3.23. The number of nitrogens with one attached hydrogen (secondary N) is 1. The van der Waals surface area contributed by atoms with E-state index in [0.29, 0.717) is 17.3 Å². The first-order chi connectivity index (χ1) is 10.3. The molecule has 0 aromatic carbocycles. The van der Waals surface area contributed by atoms with Crippen LogP contribution in [0.5, 0.6) is 0 Å². The average Bonchev–Trinajstić information content (AvgIpc) is 2.97. The lowest BCUT2D eigenvalue weighted by molar-refractivity contribution is 0.0632. The standard InChI is InChI=1S/C15H19N3O3/c19-13-10-12(4-7-16-13)15-17-14(21-18-15)3-1-2-11-5-8-20-9-6-11/h4,7,10-11H,1-3,5-6,8-9H2,(H,16,19). The van der Waals surface area contributed by atoms with Crippen molar-refractivity contribution >= 4 is 0 Å². The third-order valence-corrected chi connectivity index (χ3v) is 3.85. The summed E-state index contributed by atoms with van der Waals surface area (Å²) in [5.41, 5.74) is 0.511. The summed E-state index contributed by atoms with van der Waals surface area (Å²) >= 11 is 0. The molecule has 0 aliphatic carbocycles. The van der Waals surface area contributed by atoms with Gasteiger partial charge in [-0.05, 0) is 37.7 Å². The Hall–Kier alpha value is -1.95. The van der Waals surface area contributed by atoms with Crippen LogP contribution in [0.1, 0.15) is 31.6 Å². The van der Waals surface area contributed by atoms with Gasteiger partial charge in [-0.2, -0.15) is 4.98 Å². The number of H-pyrrole nitrogens is 1. The normalized spacial score (nSPS) is 16.2. The van der Waals surface area contributed by atoms with E-state index in [2.05, 4.69) is 15.1 Å². The van der Waals surface area contributed by atoms with Gasteiger partial charge in [0.15, 0.2) is 0 Å². The number of pyridine rings is 1. The fraction of sp³-hybridized carbons (Fsp3) is 0.533. The minimum absolute atomic E-state index is 0.168. The van der Waals surface area contributed by atoms with E-state index in [1.54, 1.807) is 12.3 Å². The molecule has 112 valence electrons. The van der Waals surface area contributed by atoms with Crippen molar-refractivity contribution in [3.63, 3.8) is 0 Å². The molecule has 21 heavy (non-hydrogen) atoms. The quantitative estimate of drug-likeness (QED) is 0.912. The first kappa shape index (κ1) is 14.0. The van der Waals surface area contributed by atoms with Gasteiger partial charge in [0.1, 0.15) is 0 Å². The highest BCUT2D eigenvalue weighted by Crippen LogP contribution is 2.21. The molecular formula is C15H19N3O3. The Bertz CT molecular complexity index is 629. The maximum absolute atomic E-state index is 11.3. The number of hydrogen-bond donors (Lipinski definition) is 1. The lowest BCUT2D eigenvalue weighted by Gasteiger charge is -2.21. The predicted octanol–water partition coefficient (Wildman–Crippen LogP) is 2.17. The van der Waals surface area contributed by atoms with Crippen LogP contribution in [0.4, 0.5) is 0 Å². The molecule has 0 spiro atoms. The minimum Gasteiger partial charge on any atom is -0.381 e. The summed E-state index contributed by atoms with van der Waals surface area (Å²) in [7, 11) is 0. The van der Waals surface area contributed by atoms with E-state index >= 15 is 0 Å². The van der Waals surface area contributed by atoms with E-state index in [9.17, 15) is 4.79 Å². The molecule has 0 atom stereocenters. The van der Waals surface area contributed by atoms with Crippen LogP contribution < -0.4 is 5.56 Å². The Morgan fingerprint density at radius 3 is 3.00 bits per heavy atom. The maximum atomic E-state index is 11.3. The fourth-order valence-electron chi connectivity index (χ4n) is 2.63. The molecule has 0 unspecified atom stereocenters. The number of rotatable bonds is 5. The van der Waals surface area contributed by atoms with Gasteiger partial charge in [0, 0.05) is 37.5 Å².